The van der Waals surface area contributed by atoms with Gasteiger partial charge >= 0.3 is 0 Å². The summed E-state index contributed by atoms with van der Waals surface area (Å²) < 4.78 is 11.3. The predicted molar refractivity (Wildman–Crippen MR) is 74.1 cm³/mol. The molecule has 2 heterocycles. The minimum atomic E-state index is -0.435. The van der Waals surface area contributed by atoms with Gasteiger partial charge in [-0.25, -0.2) is 0 Å². The summed E-state index contributed by atoms with van der Waals surface area (Å²) in [7, 11) is 0. The molecule has 1 aromatic carbocycles. The maximum atomic E-state index is 12.5. The molecule has 0 saturated carbocycles. The van der Waals surface area contributed by atoms with E-state index < -0.39 is 5.79 Å². The number of nitrogens with two attached hydrogens (primary N) is 1. The fourth-order valence-electron chi connectivity index (χ4n) is 2.85. The molecular formula is C15H20N2O3. The molecule has 0 aromatic heterocycles. The number of amides is 1. The second kappa shape index (κ2) is 5.52. The van der Waals surface area contributed by atoms with E-state index >= 15 is 0 Å². The van der Waals surface area contributed by atoms with Gasteiger partial charge in [0.1, 0.15) is 0 Å². The van der Waals surface area contributed by atoms with E-state index in [0.29, 0.717) is 38.4 Å². The number of ether oxygens (including phenoxy) is 2. The Morgan fingerprint density at radius 1 is 1.25 bits per heavy atom. The first-order chi connectivity index (χ1) is 9.72. The van der Waals surface area contributed by atoms with Gasteiger partial charge in [-0.2, -0.15) is 0 Å². The first-order valence-electron chi connectivity index (χ1n) is 7.09. The Morgan fingerprint density at radius 2 is 1.95 bits per heavy atom. The molecule has 5 heteroatoms. The zero-order chi connectivity index (χ0) is 14.0. The van der Waals surface area contributed by atoms with Crippen molar-refractivity contribution in [1.82, 2.24) is 4.90 Å². The summed E-state index contributed by atoms with van der Waals surface area (Å²) in [6.45, 7) is 3.11. The second-order valence-electron chi connectivity index (χ2n) is 5.30. The summed E-state index contributed by atoms with van der Waals surface area (Å²) >= 11 is 0. The van der Waals surface area contributed by atoms with Crippen LogP contribution in [0.15, 0.2) is 24.3 Å². The van der Waals surface area contributed by atoms with E-state index in [9.17, 15) is 4.79 Å². The summed E-state index contributed by atoms with van der Waals surface area (Å²) in [4.78, 5) is 14.3. The predicted octanol–water partition coefficient (Wildman–Crippen LogP) is 1.12. The van der Waals surface area contributed by atoms with Crippen LogP contribution in [0.1, 0.15) is 28.8 Å². The van der Waals surface area contributed by atoms with E-state index in [1.807, 2.05) is 29.2 Å². The number of piperidine rings is 1. The van der Waals surface area contributed by atoms with Crippen molar-refractivity contribution in [3.8, 4) is 0 Å². The number of nitrogens with zero attached hydrogens (tertiary/aromatic N) is 1. The van der Waals surface area contributed by atoms with Crippen LogP contribution in [0.2, 0.25) is 0 Å². The highest BCUT2D eigenvalue weighted by Crippen LogP contribution is 2.31. The Labute approximate surface area is 118 Å². The lowest BCUT2D eigenvalue weighted by molar-refractivity contribution is -0.181. The van der Waals surface area contributed by atoms with Crippen molar-refractivity contribution in [2.45, 2.75) is 25.2 Å². The number of carbonyl (C=O) groups excluding carboxylic acids is 1. The van der Waals surface area contributed by atoms with Crippen LogP contribution in [0.25, 0.3) is 0 Å². The van der Waals surface area contributed by atoms with Gasteiger partial charge in [0.2, 0.25) is 0 Å². The van der Waals surface area contributed by atoms with Crippen molar-refractivity contribution in [3.63, 3.8) is 0 Å². The number of benzene rings is 1. The van der Waals surface area contributed by atoms with Crippen LogP contribution in [0.3, 0.4) is 0 Å². The molecule has 0 unspecified atom stereocenters. The van der Waals surface area contributed by atoms with Gasteiger partial charge in [-0.15, -0.1) is 0 Å². The Bertz CT molecular complexity index is 488. The fourth-order valence-corrected chi connectivity index (χ4v) is 2.85. The van der Waals surface area contributed by atoms with Crippen molar-refractivity contribution < 1.29 is 14.3 Å². The van der Waals surface area contributed by atoms with Gasteiger partial charge in [0.25, 0.3) is 5.91 Å². The van der Waals surface area contributed by atoms with Gasteiger partial charge in [-0.05, 0) is 17.7 Å². The van der Waals surface area contributed by atoms with Crippen LogP contribution in [0.5, 0.6) is 0 Å². The van der Waals surface area contributed by atoms with Crippen molar-refractivity contribution >= 4 is 5.91 Å². The van der Waals surface area contributed by atoms with Gasteiger partial charge in [0, 0.05) is 38.0 Å². The van der Waals surface area contributed by atoms with Gasteiger partial charge in [0.15, 0.2) is 5.79 Å². The maximum Gasteiger partial charge on any atom is 0.253 e. The molecule has 3 rings (SSSR count). The molecule has 108 valence electrons. The lowest BCUT2D eigenvalue weighted by Crippen LogP contribution is -2.47. The summed E-state index contributed by atoms with van der Waals surface area (Å²) in [6.07, 6.45) is 1.49. The standard InChI is InChI=1S/C15H20N2O3/c16-11-12-2-1-3-13(10-12)14(18)17-6-4-15(5-7-17)19-8-9-20-15/h1-3,10H,4-9,11,16H2. The minimum Gasteiger partial charge on any atom is -0.347 e. The molecule has 5 nitrogen and oxygen atoms in total. The third-order valence-corrected chi connectivity index (χ3v) is 4.04. The van der Waals surface area contributed by atoms with E-state index in [4.69, 9.17) is 15.2 Å². The molecule has 2 aliphatic heterocycles. The van der Waals surface area contributed by atoms with Gasteiger partial charge in [-0.3, -0.25) is 4.79 Å². The number of likely N-dealkylation sites (tertiary alicyclic amines) is 1. The lowest BCUT2D eigenvalue weighted by Gasteiger charge is -2.37. The van der Waals surface area contributed by atoms with Gasteiger partial charge < -0.3 is 20.1 Å². The van der Waals surface area contributed by atoms with E-state index in [2.05, 4.69) is 0 Å². The maximum absolute atomic E-state index is 12.5. The van der Waals surface area contributed by atoms with Gasteiger partial charge in [0.05, 0.1) is 13.2 Å². The summed E-state index contributed by atoms with van der Waals surface area (Å²) in [5, 5.41) is 0. The highest BCUT2D eigenvalue weighted by molar-refractivity contribution is 5.94. The molecule has 2 aliphatic rings. The Balaban J connectivity index is 1.66. The summed E-state index contributed by atoms with van der Waals surface area (Å²) in [5.41, 5.74) is 7.30. The monoisotopic (exact) mass is 276 g/mol. The zero-order valence-electron chi connectivity index (χ0n) is 11.5. The zero-order valence-corrected chi connectivity index (χ0v) is 11.5. The molecule has 2 N–H and O–H groups in total. The van der Waals surface area contributed by atoms with Crippen LogP contribution in [-0.4, -0.2) is 42.9 Å². The van der Waals surface area contributed by atoms with E-state index in [1.165, 1.54) is 0 Å². The van der Waals surface area contributed by atoms with Crippen LogP contribution in [0.4, 0.5) is 0 Å². The third kappa shape index (κ3) is 2.57. The van der Waals surface area contributed by atoms with Gasteiger partial charge in [-0.1, -0.05) is 12.1 Å². The van der Waals surface area contributed by atoms with Crippen LogP contribution in [0, 0.1) is 0 Å². The van der Waals surface area contributed by atoms with E-state index in [0.717, 1.165) is 18.4 Å². The summed E-state index contributed by atoms with van der Waals surface area (Å²) in [5.74, 6) is -0.372. The van der Waals surface area contributed by atoms with Crippen molar-refractivity contribution in [1.29, 1.82) is 0 Å². The SMILES string of the molecule is NCc1cccc(C(=O)N2CCC3(CC2)OCCO3)c1. The summed E-state index contributed by atoms with van der Waals surface area (Å²) in [6, 6.07) is 7.52. The number of rotatable bonds is 2. The topological polar surface area (TPSA) is 64.8 Å². The first kappa shape index (κ1) is 13.5. The quantitative estimate of drug-likeness (QED) is 0.879. The Hall–Kier alpha value is -1.43. The molecule has 0 aliphatic carbocycles. The van der Waals surface area contributed by atoms with E-state index in [1.54, 1.807) is 0 Å². The largest absolute Gasteiger partial charge is 0.347 e. The van der Waals surface area contributed by atoms with Crippen LogP contribution < -0.4 is 5.73 Å². The number of carbonyl (C=O) groups is 1. The van der Waals surface area contributed by atoms with E-state index in [-0.39, 0.29) is 5.91 Å². The molecule has 0 radical (unpaired) electrons. The van der Waals surface area contributed by atoms with Crippen molar-refractivity contribution in [2.75, 3.05) is 26.3 Å². The molecule has 0 bridgehead atoms. The normalized spacial score (nSPS) is 21.4. The van der Waals surface area contributed by atoms with Crippen LogP contribution in [-0.2, 0) is 16.0 Å². The number of hydrogen-bond donors (Lipinski definition) is 1. The number of hydrogen-bond acceptors (Lipinski definition) is 4. The Kier molecular flexibility index (Phi) is 3.74. The first-order valence-corrected chi connectivity index (χ1v) is 7.09. The molecule has 1 amide bonds. The molecule has 1 aromatic rings. The fraction of sp³-hybridized carbons (Fsp3) is 0.533. The van der Waals surface area contributed by atoms with Crippen molar-refractivity contribution in [2.24, 2.45) is 5.73 Å². The molecule has 0 atom stereocenters. The average Bonchev–Trinajstić information content (AvgIpc) is 2.96. The second-order valence-corrected chi connectivity index (χ2v) is 5.30. The lowest BCUT2D eigenvalue weighted by atomic mass is 10.0. The Morgan fingerprint density at radius 3 is 2.60 bits per heavy atom. The molecule has 2 fully saturated rings. The molecule has 1 spiro atoms. The molecule has 2 saturated heterocycles. The molecule has 20 heavy (non-hydrogen) atoms. The van der Waals surface area contributed by atoms with Crippen molar-refractivity contribution in [3.05, 3.63) is 35.4 Å². The van der Waals surface area contributed by atoms with Crippen LogP contribution >= 0.6 is 0 Å². The highest BCUT2D eigenvalue weighted by atomic mass is 16.7. The third-order valence-electron chi connectivity index (χ3n) is 4.04. The minimum absolute atomic E-state index is 0.0631. The average molecular weight is 276 g/mol. The highest BCUT2D eigenvalue weighted by Gasteiger charge is 2.40. The molecular weight excluding hydrogens is 256 g/mol. The smallest absolute Gasteiger partial charge is 0.253 e.